The van der Waals surface area contributed by atoms with E-state index in [0.29, 0.717) is 41.9 Å². The van der Waals surface area contributed by atoms with Crippen LogP contribution >= 0.6 is 47.0 Å². The summed E-state index contributed by atoms with van der Waals surface area (Å²) in [6, 6.07) is 0. The Morgan fingerprint density at radius 3 is 1.39 bits per heavy atom. The molecule has 3 rings (SSSR count). The van der Waals surface area contributed by atoms with E-state index in [9.17, 15) is 9.59 Å². The molecule has 4 nitrogen and oxygen atoms in total. The highest BCUT2D eigenvalue weighted by Gasteiger charge is 2.38. The van der Waals surface area contributed by atoms with E-state index in [1.807, 2.05) is 0 Å². The molecular formula is C30H42O4S4. The van der Waals surface area contributed by atoms with Gasteiger partial charge in [-0.05, 0) is 38.5 Å². The zero-order valence-electron chi connectivity index (χ0n) is 23.6. The number of benzene rings is 1. The molecule has 0 saturated heterocycles. The van der Waals surface area contributed by atoms with Crippen LogP contribution in [0.15, 0.2) is 39.2 Å². The highest BCUT2D eigenvalue weighted by molar-refractivity contribution is 8.26. The van der Waals surface area contributed by atoms with Gasteiger partial charge in [0.05, 0.1) is 42.6 Å². The maximum Gasteiger partial charge on any atom is 0.155 e. The number of carbonyl (C=O) groups excluding carboxylic acids is 2. The maximum atomic E-state index is 11.7. The predicted octanol–water partition coefficient (Wildman–Crippen LogP) is 10.1. The van der Waals surface area contributed by atoms with Crippen LogP contribution < -0.4 is 9.47 Å². The van der Waals surface area contributed by atoms with E-state index in [1.54, 1.807) is 23.5 Å². The number of carbonyl (C=O) groups is 2. The Labute approximate surface area is 246 Å². The second-order valence-corrected chi connectivity index (χ2v) is 14.7. The molecule has 0 amide bonds. The molecule has 2 unspecified atom stereocenters. The minimum Gasteiger partial charge on any atom is -0.491 e. The molecule has 38 heavy (non-hydrogen) atoms. The smallest absolute Gasteiger partial charge is 0.155 e. The molecule has 0 radical (unpaired) electrons. The summed E-state index contributed by atoms with van der Waals surface area (Å²) >= 11 is 6.48. The van der Waals surface area contributed by atoms with Crippen LogP contribution in [0.3, 0.4) is 0 Å². The van der Waals surface area contributed by atoms with Crippen molar-refractivity contribution in [3.8, 4) is 11.5 Å². The number of thioether (sulfide) groups is 4. The van der Waals surface area contributed by atoms with Gasteiger partial charge in [0.2, 0.25) is 0 Å². The number of allylic oxidation sites excluding steroid dienone is 2. The number of fused-ring (bicyclic) bond motifs is 2. The molecule has 2 aliphatic rings. The van der Waals surface area contributed by atoms with Gasteiger partial charge in [-0.25, -0.2) is 0 Å². The average Bonchev–Trinajstić information content (AvgIpc) is 3.55. The second-order valence-electron chi connectivity index (χ2n) is 10.1. The van der Waals surface area contributed by atoms with E-state index in [0.717, 1.165) is 56.8 Å². The lowest BCUT2D eigenvalue weighted by molar-refractivity contribution is -0.109. The Bertz CT molecular complexity index is 986. The third kappa shape index (κ3) is 7.61. The molecule has 0 fully saturated rings. The fourth-order valence-corrected chi connectivity index (χ4v) is 9.61. The summed E-state index contributed by atoms with van der Waals surface area (Å²) in [5.74, 6) is 2.76. The van der Waals surface area contributed by atoms with Crippen LogP contribution in [0.25, 0.3) is 0 Å². The maximum absolute atomic E-state index is 11.7. The summed E-state index contributed by atoms with van der Waals surface area (Å²) in [6.45, 7) is 14.5. The largest absolute Gasteiger partial charge is 0.491 e. The predicted molar refractivity (Wildman–Crippen MR) is 165 cm³/mol. The van der Waals surface area contributed by atoms with Gasteiger partial charge < -0.3 is 9.47 Å². The molecule has 0 bridgehead atoms. The Hall–Kier alpha value is -0.960. The van der Waals surface area contributed by atoms with Crippen molar-refractivity contribution < 1.29 is 19.1 Å². The van der Waals surface area contributed by atoms with Crippen LogP contribution in [0, 0.1) is 11.8 Å². The molecule has 0 aliphatic carbocycles. The van der Waals surface area contributed by atoms with Gasteiger partial charge in [-0.1, -0.05) is 119 Å². The van der Waals surface area contributed by atoms with Gasteiger partial charge in [0.25, 0.3) is 0 Å². The third-order valence-electron chi connectivity index (χ3n) is 6.93. The summed E-state index contributed by atoms with van der Waals surface area (Å²) in [5, 5.41) is 0. The molecular weight excluding hydrogens is 553 g/mol. The lowest BCUT2D eigenvalue weighted by Gasteiger charge is -2.22. The number of hydrogen-bond acceptors (Lipinski definition) is 8. The summed E-state index contributed by atoms with van der Waals surface area (Å²) in [5.41, 5.74) is 1.46. The topological polar surface area (TPSA) is 52.6 Å². The normalized spacial score (nSPS) is 15.6. The van der Waals surface area contributed by atoms with Crippen LogP contribution in [-0.2, 0) is 9.59 Å². The number of aldehydes is 2. The van der Waals surface area contributed by atoms with E-state index in [1.165, 1.54) is 59.0 Å². The standard InChI is InChI=1S/C30H42O4S4/c1-7-11-13-20(9-3)17-33-23-25-26(36-29(35-25)19(5)6)24(34-18-21(10-4)14-12-8-2)28-27(23)37-30(38-28)22(15-31)16-32/h15-16,20-21H,7-14,17-18H2,1-6H3. The SMILES string of the molecule is CCCCC(CC)COc1c2c(c(OCC(CC)CCCC)c3c1SC(=C(C=O)C=O)S3)SC(=C(C)C)S2. The molecule has 8 heteroatoms. The molecule has 0 N–H and O–H groups in total. The summed E-state index contributed by atoms with van der Waals surface area (Å²) in [6.07, 6.45) is 10.6. The van der Waals surface area contributed by atoms with Crippen molar-refractivity contribution >= 4 is 59.6 Å². The molecule has 2 atom stereocenters. The zero-order chi connectivity index (χ0) is 27.7. The summed E-state index contributed by atoms with van der Waals surface area (Å²) < 4.78 is 15.3. The first-order chi connectivity index (χ1) is 18.4. The van der Waals surface area contributed by atoms with Gasteiger partial charge in [0.15, 0.2) is 12.6 Å². The third-order valence-corrected chi connectivity index (χ3v) is 12.6. The van der Waals surface area contributed by atoms with Crippen molar-refractivity contribution in [2.75, 3.05) is 13.2 Å². The Kier molecular flexibility index (Phi) is 13.1. The molecule has 0 saturated carbocycles. The lowest BCUT2D eigenvalue weighted by atomic mass is 10.0. The lowest BCUT2D eigenvalue weighted by Crippen LogP contribution is -2.14. The quantitative estimate of drug-likeness (QED) is 0.0811. The Morgan fingerprint density at radius 2 is 1.08 bits per heavy atom. The van der Waals surface area contributed by atoms with Gasteiger partial charge in [0.1, 0.15) is 11.5 Å². The number of ether oxygens (including phenoxy) is 2. The molecule has 2 heterocycles. The van der Waals surface area contributed by atoms with E-state index >= 15 is 0 Å². The summed E-state index contributed by atoms with van der Waals surface area (Å²) in [7, 11) is 0. The monoisotopic (exact) mass is 594 g/mol. The van der Waals surface area contributed by atoms with Gasteiger partial charge in [-0.3, -0.25) is 9.59 Å². The fourth-order valence-electron chi connectivity index (χ4n) is 4.31. The van der Waals surface area contributed by atoms with Crippen molar-refractivity contribution in [1.29, 1.82) is 0 Å². The van der Waals surface area contributed by atoms with Gasteiger partial charge in [-0.2, -0.15) is 0 Å². The molecule has 0 spiro atoms. The van der Waals surface area contributed by atoms with Gasteiger partial charge in [0, 0.05) is 4.24 Å². The average molecular weight is 595 g/mol. The van der Waals surface area contributed by atoms with Crippen LogP contribution in [0.1, 0.15) is 92.9 Å². The van der Waals surface area contributed by atoms with Crippen LogP contribution in [0.5, 0.6) is 11.5 Å². The van der Waals surface area contributed by atoms with E-state index < -0.39 is 0 Å². The van der Waals surface area contributed by atoms with Crippen LogP contribution in [-0.4, -0.2) is 25.8 Å². The van der Waals surface area contributed by atoms with Crippen LogP contribution in [0.2, 0.25) is 0 Å². The number of unbranched alkanes of at least 4 members (excludes halogenated alkanes) is 2. The molecule has 0 aromatic heterocycles. The van der Waals surface area contributed by atoms with E-state index in [-0.39, 0.29) is 5.57 Å². The van der Waals surface area contributed by atoms with Crippen molar-refractivity contribution in [1.82, 2.24) is 0 Å². The van der Waals surface area contributed by atoms with E-state index in [4.69, 9.17) is 9.47 Å². The first kappa shape index (κ1) is 31.6. The van der Waals surface area contributed by atoms with E-state index in [2.05, 4.69) is 41.5 Å². The Balaban J connectivity index is 2.08. The second kappa shape index (κ2) is 15.7. The van der Waals surface area contributed by atoms with Crippen molar-refractivity contribution in [3.05, 3.63) is 19.6 Å². The molecule has 2 aliphatic heterocycles. The number of hydrogen-bond donors (Lipinski definition) is 0. The van der Waals surface area contributed by atoms with Crippen LogP contribution in [0.4, 0.5) is 0 Å². The highest BCUT2D eigenvalue weighted by atomic mass is 32.2. The summed E-state index contributed by atoms with van der Waals surface area (Å²) in [4.78, 5) is 27.5. The molecule has 210 valence electrons. The number of rotatable bonds is 16. The van der Waals surface area contributed by atoms with Crippen molar-refractivity contribution in [2.24, 2.45) is 11.8 Å². The first-order valence-electron chi connectivity index (χ1n) is 13.9. The van der Waals surface area contributed by atoms with Crippen molar-refractivity contribution in [2.45, 2.75) is 112 Å². The van der Waals surface area contributed by atoms with Crippen molar-refractivity contribution in [3.63, 3.8) is 0 Å². The van der Waals surface area contributed by atoms with Gasteiger partial charge in [-0.15, -0.1) is 0 Å². The molecule has 1 aromatic rings. The highest BCUT2D eigenvalue weighted by Crippen LogP contribution is 2.68. The Morgan fingerprint density at radius 1 is 0.684 bits per heavy atom. The van der Waals surface area contributed by atoms with Gasteiger partial charge >= 0.3 is 0 Å². The minimum atomic E-state index is 0.183. The minimum absolute atomic E-state index is 0.183. The fraction of sp³-hybridized carbons (Fsp3) is 0.600. The molecule has 1 aromatic carbocycles. The first-order valence-corrected chi connectivity index (χ1v) is 17.2. The zero-order valence-corrected chi connectivity index (χ0v) is 26.9.